The lowest BCUT2D eigenvalue weighted by Gasteiger charge is -2.23. The summed E-state index contributed by atoms with van der Waals surface area (Å²) in [7, 11) is 0. The van der Waals surface area contributed by atoms with Crippen molar-refractivity contribution in [3.8, 4) is 0 Å². The summed E-state index contributed by atoms with van der Waals surface area (Å²) in [4.78, 5) is 34.2. The highest BCUT2D eigenvalue weighted by molar-refractivity contribution is 6.05. The Balaban J connectivity index is 2.80. The number of rotatable bonds is 4. The smallest absolute Gasteiger partial charge is 0.323 e. The fourth-order valence-corrected chi connectivity index (χ4v) is 1.85. The van der Waals surface area contributed by atoms with Gasteiger partial charge in [-0.15, -0.1) is 0 Å². The Kier molecular flexibility index (Phi) is 4.04. The minimum atomic E-state index is -1.25. The van der Waals surface area contributed by atoms with E-state index in [1.807, 2.05) is 0 Å². The van der Waals surface area contributed by atoms with Gasteiger partial charge < -0.3 is 9.47 Å². The molecule has 5 heteroatoms. The van der Waals surface area contributed by atoms with E-state index < -0.39 is 17.4 Å². The molecule has 1 saturated carbocycles. The minimum Gasteiger partial charge on any atom is -0.465 e. The molecule has 0 aromatic carbocycles. The summed E-state index contributed by atoms with van der Waals surface area (Å²) in [5, 5.41) is 0. The first-order chi connectivity index (χ1) is 7.53. The Labute approximate surface area is 94.1 Å². The Morgan fingerprint density at radius 1 is 1.38 bits per heavy atom. The van der Waals surface area contributed by atoms with Gasteiger partial charge in [-0.25, -0.2) is 0 Å². The lowest BCUT2D eigenvalue weighted by molar-refractivity contribution is -0.165. The maximum atomic E-state index is 11.8. The van der Waals surface area contributed by atoms with E-state index in [0.29, 0.717) is 19.3 Å². The highest BCUT2D eigenvalue weighted by Gasteiger charge is 2.50. The second-order valence-electron chi connectivity index (χ2n) is 3.86. The maximum Gasteiger partial charge on any atom is 0.323 e. The minimum absolute atomic E-state index is 0.188. The first kappa shape index (κ1) is 12.7. The van der Waals surface area contributed by atoms with E-state index in [9.17, 15) is 14.4 Å². The predicted octanol–water partition coefficient (Wildman–Crippen LogP) is 0.852. The number of hydrogen-bond acceptors (Lipinski definition) is 5. The van der Waals surface area contributed by atoms with Gasteiger partial charge in [0, 0.05) is 13.3 Å². The third-order valence-electron chi connectivity index (χ3n) is 2.73. The quantitative estimate of drug-likeness (QED) is 0.527. The van der Waals surface area contributed by atoms with E-state index in [1.54, 1.807) is 6.92 Å². The van der Waals surface area contributed by atoms with Gasteiger partial charge in [0.1, 0.15) is 6.61 Å². The Hall–Kier alpha value is -1.39. The zero-order valence-corrected chi connectivity index (χ0v) is 9.58. The summed E-state index contributed by atoms with van der Waals surface area (Å²) in [5.41, 5.74) is -1.25. The number of hydrogen-bond donors (Lipinski definition) is 0. The normalized spacial score (nSPS) is 24.2. The van der Waals surface area contributed by atoms with Crippen LogP contribution in [0, 0.1) is 5.41 Å². The molecule has 1 fully saturated rings. The fraction of sp³-hybridized carbons (Fsp3) is 0.727. The van der Waals surface area contributed by atoms with Crippen molar-refractivity contribution >= 4 is 17.7 Å². The lowest BCUT2D eigenvalue weighted by Crippen LogP contribution is -2.41. The van der Waals surface area contributed by atoms with E-state index in [4.69, 9.17) is 9.47 Å². The average Bonchev–Trinajstić information content (AvgIpc) is 2.58. The predicted molar refractivity (Wildman–Crippen MR) is 54.6 cm³/mol. The van der Waals surface area contributed by atoms with E-state index in [-0.39, 0.29) is 19.0 Å². The monoisotopic (exact) mass is 228 g/mol. The third kappa shape index (κ3) is 2.40. The Morgan fingerprint density at radius 2 is 2.06 bits per heavy atom. The standard InChI is InChI=1S/C11H16O5/c1-3-15-10(14)11(7-16-8(2)12)6-4-5-9(11)13/h3-7H2,1-2H3. The number of ether oxygens (including phenoxy) is 2. The van der Waals surface area contributed by atoms with Crippen molar-refractivity contribution in [1.29, 1.82) is 0 Å². The van der Waals surface area contributed by atoms with Gasteiger partial charge >= 0.3 is 11.9 Å². The molecule has 1 unspecified atom stereocenters. The molecule has 0 saturated heterocycles. The van der Waals surface area contributed by atoms with Crippen LogP contribution in [0.5, 0.6) is 0 Å². The molecule has 0 aliphatic heterocycles. The summed E-state index contributed by atoms with van der Waals surface area (Å²) in [6.45, 7) is 2.95. The molecule has 0 amide bonds. The Bertz CT molecular complexity index is 309. The molecule has 1 rings (SSSR count). The van der Waals surface area contributed by atoms with Crippen LogP contribution in [-0.2, 0) is 23.9 Å². The molecule has 90 valence electrons. The van der Waals surface area contributed by atoms with E-state index in [1.165, 1.54) is 6.92 Å². The highest BCUT2D eigenvalue weighted by Crippen LogP contribution is 2.36. The van der Waals surface area contributed by atoms with Crippen molar-refractivity contribution in [2.24, 2.45) is 5.41 Å². The van der Waals surface area contributed by atoms with Crippen LogP contribution in [0.4, 0.5) is 0 Å². The molecular formula is C11H16O5. The van der Waals surface area contributed by atoms with Crippen molar-refractivity contribution < 1.29 is 23.9 Å². The Morgan fingerprint density at radius 3 is 2.50 bits per heavy atom. The van der Waals surface area contributed by atoms with Gasteiger partial charge in [0.05, 0.1) is 6.61 Å². The van der Waals surface area contributed by atoms with Crippen LogP contribution in [0.1, 0.15) is 33.1 Å². The van der Waals surface area contributed by atoms with Crippen LogP contribution >= 0.6 is 0 Å². The van der Waals surface area contributed by atoms with Gasteiger partial charge in [0.2, 0.25) is 0 Å². The summed E-state index contributed by atoms with van der Waals surface area (Å²) >= 11 is 0. The SMILES string of the molecule is CCOC(=O)C1(COC(C)=O)CCCC1=O. The van der Waals surface area contributed by atoms with Crippen molar-refractivity contribution in [3.63, 3.8) is 0 Å². The molecule has 0 aromatic rings. The van der Waals surface area contributed by atoms with Crippen LogP contribution in [0.2, 0.25) is 0 Å². The van der Waals surface area contributed by atoms with E-state index >= 15 is 0 Å². The largest absolute Gasteiger partial charge is 0.465 e. The van der Waals surface area contributed by atoms with Crippen LogP contribution in [-0.4, -0.2) is 30.9 Å². The van der Waals surface area contributed by atoms with Gasteiger partial charge in [-0.2, -0.15) is 0 Å². The molecule has 1 aliphatic rings. The lowest BCUT2D eigenvalue weighted by atomic mass is 9.86. The average molecular weight is 228 g/mol. The molecule has 5 nitrogen and oxygen atoms in total. The maximum absolute atomic E-state index is 11.8. The highest BCUT2D eigenvalue weighted by atomic mass is 16.6. The zero-order chi connectivity index (χ0) is 12.2. The number of ketones is 1. The van der Waals surface area contributed by atoms with Crippen molar-refractivity contribution in [2.45, 2.75) is 33.1 Å². The second kappa shape index (κ2) is 5.09. The fourth-order valence-electron chi connectivity index (χ4n) is 1.85. The molecule has 1 atom stereocenters. The van der Waals surface area contributed by atoms with Crippen LogP contribution in [0.3, 0.4) is 0 Å². The molecular weight excluding hydrogens is 212 g/mol. The topological polar surface area (TPSA) is 69.7 Å². The van der Waals surface area contributed by atoms with Crippen molar-refractivity contribution in [2.75, 3.05) is 13.2 Å². The van der Waals surface area contributed by atoms with Gasteiger partial charge in [0.25, 0.3) is 0 Å². The molecule has 0 spiro atoms. The van der Waals surface area contributed by atoms with Gasteiger partial charge in [-0.1, -0.05) is 0 Å². The first-order valence-electron chi connectivity index (χ1n) is 5.37. The number of carbonyl (C=O) groups is 3. The van der Waals surface area contributed by atoms with E-state index in [2.05, 4.69) is 0 Å². The summed E-state index contributed by atoms with van der Waals surface area (Å²) in [6, 6.07) is 0. The molecule has 1 aliphatic carbocycles. The zero-order valence-electron chi connectivity index (χ0n) is 9.58. The number of esters is 2. The van der Waals surface area contributed by atoms with Crippen LogP contribution in [0.25, 0.3) is 0 Å². The van der Waals surface area contributed by atoms with Gasteiger partial charge in [0.15, 0.2) is 11.2 Å². The molecule has 0 bridgehead atoms. The summed E-state index contributed by atoms with van der Waals surface area (Å²) < 4.78 is 9.69. The second-order valence-corrected chi connectivity index (χ2v) is 3.86. The van der Waals surface area contributed by atoms with Crippen LogP contribution < -0.4 is 0 Å². The third-order valence-corrected chi connectivity index (χ3v) is 2.73. The molecule has 0 aromatic heterocycles. The van der Waals surface area contributed by atoms with Crippen LogP contribution in [0.15, 0.2) is 0 Å². The van der Waals surface area contributed by atoms with Crippen molar-refractivity contribution in [1.82, 2.24) is 0 Å². The molecule has 16 heavy (non-hydrogen) atoms. The summed E-state index contributed by atoms with van der Waals surface area (Å²) in [6.07, 6.45) is 1.39. The van der Waals surface area contributed by atoms with E-state index in [0.717, 1.165) is 0 Å². The molecule has 0 N–H and O–H groups in total. The van der Waals surface area contributed by atoms with Crippen molar-refractivity contribution in [3.05, 3.63) is 0 Å². The first-order valence-corrected chi connectivity index (χ1v) is 5.37. The van der Waals surface area contributed by atoms with Gasteiger partial charge in [-0.05, 0) is 19.8 Å². The summed E-state index contributed by atoms with van der Waals surface area (Å²) in [5.74, 6) is -1.26. The molecule has 0 radical (unpaired) electrons. The van der Waals surface area contributed by atoms with Gasteiger partial charge in [-0.3, -0.25) is 14.4 Å². The number of Topliss-reactive ketones (excluding diaryl/α,β-unsaturated/α-hetero) is 1. The number of carbonyl (C=O) groups excluding carboxylic acids is 3. The molecule has 0 heterocycles.